The number of carbonyl (C=O) groups is 2. The second-order valence-corrected chi connectivity index (χ2v) is 7.33. The van der Waals surface area contributed by atoms with E-state index in [-0.39, 0.29) is 23.3 Å². The summed E-state index contributed by atoms with van der Waals surface area (Å²) in [5.41, 5.74) is 2.19. The van der Waals surface area contributed by atoms with Crippen molar-refractivity contribution in [3.05, 3.63) is 58.9 Å². The van der Waals surface area contributed by atoms with Crippen molar-refractivity contribution in [2.24, 2.45) is 4.99 Å². The van der Waals surface area contributed by atoms with Gasteiger partial charge in [-0.15, -0.1) is 0 Å². The molecule has 1 atom stereocenters. The van der Waals surface area contributed by atoms with E-state index in [4.69, 9.17) is 11.6 Å². The van der Waals surface area contributed by atoms with E-state index in [2.05, 4.69) is 15.6 Å². The molecule has 1 aliphatic rings. The molecule has 8 heteroatoms. The number of amides is 2. The summed E-state index contributed by atoms with van der Waals surface area (Å²) in [5.74, 6) is -1.09. The van der Waals surface area contributed by atoms with Gasteiger partial charge in [-0.2, -0.15) is 0 Å². The first-order valence-corrected chi connectivity index (χ1v) is 9.04. The van der Waals surface area contributed by atoms with Crippen LogP contribution in [0.1, 0.15) is 12.0 Å². The fraction of sp³-hybridized carbons (Fsp3) is 0.167. The van der Waals surface area contributed by atoms with Crippen molar-refractivity contribution in [3.63, 3.8) is 0 Å². The normalized spacial score (nSPS) is 18.0. The van der Waals surface area contributed by atoms with Crippen molar-refractivity contribution in [1.82, 2.24) is 5.32 Å². The van der Waals surface area contributed by atoms with E-state index in [1.807, 2.05) is 19.1 Å². The number of benzene rings is 2. The van der Waals surface area contributed by atoms with E-state index in [1.165, 1.54) is 18.2 Å². The molecule has 1 heterocycles. The zero-order valence-electron chi connectivity index (χ0n) is 13.8. The zero-order chi connectivity index (χ0) is 18.7. The number of amidine groups is 1. The molecular formula is C18H15ClFN3O2S. The Morgan fingerprint density at radius 1 is 1.31 bits per heavy atom. The largest absolute Gasteiger partial charge is 0.326 e. The third-order valence-electron chi connectivity index (χ3n) is 3.62. The van der Waals surface area contributed by atoms with Crippen molar-refractivity contribution < 1.29 is 14.0 Å². The van der Waals surface area contributed by atoms with Crippen molar-refractivity contribution in [2.45, 2.75) is 18.6 Å². The van der Waals surface area contributed by atoms with Gasteiger partial charge in [0.25, 0.3) is 0 Å². The average molecular weight is 392 g/mol. The van der Waals surface area contributed by atoms with Crippen molar-refractivity contribution in [1.29, 1.82) is 0 Å². The summed E-state index contributed by atoms with van der Waals surface area (Å²) in [6.07, 6.45) is 0.0214. The number of carbonyl (C=O) groups excluding carboxylic acids is 2. The Morgan fingerprint density at radius 2 is 2.04 bits per heavy atom. The van der Waals surface area contributed by atoms with Crippen LogP contribution in [0.25, 0.3) is 0 Å². The number of nitrogens with one attached hydrogen (secondary N) is 2. The molecule has 1 fully saturated rings. The third kappa shape index (κ3) is 4.62. The van der Waals surface area contributed by atoms with Crippen molar-refractivity contribution in [3.8, 4) is 0 Å². The van der Waals surface area contributed by atoms with Gasteiger partial charge in [-0.05, 0) is 37.3 Å². The van der Waals surface area contributed by atoms with E-state index < -0.39 is 11.1 Å². The Morgan fingerprint density at radius 3 is 2.73 bits per heavy atom. The van der Waals surface area contributed by atoms with Gasteiger partial charge in [0.05, 0.1) is 10.7 Å². The van der Waals surface area contributed by atoms with E-state index >= 15 is 0 Å². The first kappa shape index (κ1) is 18.4. The lowest BCUT2D eigenvalue weighted by Gasteiger charge is -2.07. The molecule has 2 amide bonds. The summed E-state index contributed by atoms with van der Waals surface area (Å²) in [6, 6.07) is 11.4. The number of aliphatic imine (C=N–C) groups is 1. The van der Waals surface area contributed by atoms with Crippen LogP contribution >= 0.6 is 23.4 Å². The minimum absolute atomic E-state index is 0.0214. The fourth-order valence-corrected chi connectivity index (χ4v) is 3.44. The van der Waals surface area contributed by atoms with Gasteiger partial charge in [-0.1, -0.05) is 41.1 Å². The highest BCUT2D eigenvalue weighted by atomic mass is 35.5. The number of nitrogens with zero attached hydrogens (tertiary/aromatic N) is 1. The first-order valence-electron chi connectivity index (χ1n) is 7.78. The van der Waals surface area contributed by atoms with Gasteiger partial charge >= 0.3 is 0 Å². The monoisotopic (exact) mass is 391 g/mol. The lowest BCUT2D eigenvalue weighted by Crippen LogP contribution is -2.28. The lowest BCUT2D eigenvalue weighted by atomic mass is 10.2. The predicted octanol–water partition coefficient (Wildman–Crippen LogP) is 4.04. The number of rotatable bonds is 4. The molecule has 2 aromatic carbocycles. The van der Waals surface area contributed by atoms with Crippen LogP contribution in [0.4, 0.5) is 15.8 Å². The molecule has 3 rings (SSSR count). The van der Waals surface area contributed by atoms with Crippen LogP contribution in [-0.4, -0.2) is 22.2 Å². The smallest absolute Gasteiger partial charge is 0.240 e. The number of thioether (sulfide) groups is 1. The van der Waals surface area contributed by atoms with Gasteiger partial charge in [0.1, 0.15) is 11.1 Å². The maximum absolute atomic E-state index is 13.2. The molecule has 5 nitrogen and oxygen atoms in total. The molecule has 26 heavy (non-hydrogen) atoms. The highest BCUT2D eigenvalue weighted by Crippen LogP contribution is 2.27. The summed E-state index contributed by atoms with van der Waals surface area (Å²) >= 11 is 6.88. The minimum Gasteiger partial charge on any atom is -0.326 e. The number of aryl methyl sites for hydroxylation is 1. The third-order valence-corrected chi connectivity index (χ3v) is 4.99. The highest BCUT2D eigenvalue weighted by Gasteiger charge is 2.32. The van der Waals surface area contributed by atoms with Crippen LogP contribution in [0.5, 0.6) is 0 Å². The highest BCUT2D eigenvalue weighted by molar-refractivity contribution is 8.15. The molecule has 0 radical (unpaired) electrons. The molecule has 0 spiro atoms. The van der Waals surface area contributed by atoms with Crippen LogP contribution in [-0.2, 0) is 9.59 Å². The molecule has 0 bridgehead atoms. The van der Waals surface area contributed by atoms with Gasteiger partial charge in [0.15, 0.2) is 5.17 Å². The quantitative estimate of drug-likeness (QED) is 0.826. The Hall–Kier alpha value is -2.38. The molecule has 2 aromatic rings. The molecule has 0 unspecified atom stereocenters. The maximum Gasteiger partial charge on any atom is 0.240 e. The molecule has 0 aliphatic carbocycles. The van der Waals surface area contributed by atoms with Gasteiger partial charge in [0, 0.05) is 12.1 Å². The summed E-state index contributed by atoms with van der Waals surface area (Å²) in [4.78, 5) is 28.4. The second kappa shape index (κ2) is 7.88. The van der Waals surface area contributed by atoms with Crippen LogP contribution in [0.2, 0.25) is 5.02 Å². The van der Waals surface area contributed by atoms with Crippen LogP contribution in [0.3, 0.4) is 0 Å². The Kier molecular flexibility index (Phi) is 5.58. The molecular weight excluding hydrogens is 377 g/mol. The Labute approximate surface area is 159 Å². The lowest BCUT2D eigenvalue weighted by molar-refractivity contribution is -0.122. The zero-order valence-corrected chi connectivity index (χ0v) is 15.3. The number of hydrogen-bond acceptors (Lipinski definition) is 4. The summed E-state index contributed by atoms with van der Waals surface area (Å²) in [7, 11) is 0. The second-order valence-electron chi connectivity index (χ2n) is 5.73. The predicted molar refractivity (Wildman–Crippen MR) is 102 cm³/mol. The van der Waals surface area contributed by atoms with Gasteiger partial charge in [0.2, 0.25) is 11.8 Å². The molecule has 1 saturated heterocycles. The van der Waals surface area contributed by atoms with Crippen molar-refractivity contribution >= 4 is 51.7 Å². The summed E-state index contributed by atoms with van der Waals surface area (Å²) in [6.45, 7) is 1.96. The van der Waals surface area contributed by atoms with Gasteiger partial charge in [-0.25, -0.2) is 9.38 Å². The van der Waals surface area contributed by atoms with Crippen LogP contribution < -0.4 is 10.6 Å². The van der Waals surface area contributed by atoms with Crippen molar-refractivity contribution in [2.75, 3.05) is 5.32 Å². The van der Waals surface area contributed by atoms with Crippen LogP contribution in [0, 0.1) is 12.7 Å². The number of halogens is 2. The molecule has 134 valence electrons. The molecule has 0 saturated carbocycles. The molecule has 0 aromatic heterocycles. The van der Waals surface area contributed by atoms with E-state index in [0.29, 0.717) is 16.5 Å². The van der Waals surface area contributed by atoms with E-state index in [0.717, 1.165) is 17.3 Å². The average Bonchev–Trinajstić information content (AvgIpc) is 2.92. The molecule has 2 N–H and O–H groups in total. The number of anilines is 1. The SMILES string of the molecule is Cc1ccc(NC(=O)C[C@H]2SC(=Nc3ccc(F)c(Cl)c3)NC2=O)cc1. The van der Waals surface area contributed by atoms with Gasteiger partial charge in [-0.3, -0.25) is 9.59 Å². The molecule has 1 aliphatic heterocycles. The fourth-order valence-electron chi connectivity index (χ4n) is 2.28. The Bertz CT molecular complexity index is 887. The first-order chi connectivity index (χ1) is 12.4. The minimum atomic E-state index is -0.574. The standard InChI is InChI=1S/C18H15ClFN3O2S/c1-10-2-4-11(5-3-10)21-16(24)9-15-17(25)23-18(26-15)22-12-6-7-14(20)13(19)8-12/h2-8,15H,9H2,1H3,(H,21,24)(H,22,23,25)/t15-/m1/s1. The van der Waals surface area contributed by atoms with Gasteiger partial charge < -0.3 is 10.6 Å². The van der Waals surface area contributed by atoms with E-state index in [9.17, 15) is 14.0 Å². The van der Waals surface area contributed by atoms with E-state index in [1.54, 1.807) is 12.1 Å². The van der Waals surface area contributed by atoms with Crippen LogP contribution in [0.15, 0.2) is 47.5 Å². The maximum atomic E-state index is 13.2. The Balaban J connectivity index is 1.62. The number of hydrogen-bond donors (Lipinski definition) is 2. The summed E-state index contributed by atoms with van der Waals surface area (Å²) < 4.78 is 13.2. The summed E-state index contributed by atoms with van der Waals surface area (Å²) in [5, 5.41) is 5.12. The topological polar surface area (TPSA) is 70.6 Å².